The molecule has 0 aliphatic rings. The average Bonchev–Trinajstić information content (AvgIpc) is 2.44. The summed E-state index contributed by atoms with van der Waals surface area (Å²) in [6, 6.07) is 1.56. The van der Waals surface area contributed by atoms with Crippen LogP contribution in [0, 0.1) is 17.0 Å². The van der Waals surface area contributed by atoms with E-state index in [1.54, 1.807) is 0 Å². The number of nitrogens with two attached hydrogens (primary N) is 1. The molecule has 1 rings (SSSR count). The van der Waals surface area contributed by atoms with Gasteiger partial charge in [0.05, 0.1) is 17.9 Å². The van der Waals surface area contributed by atoms with Crippen LogP contribution in [0.3, 0.4) is 0 Å². The Hall–Kier alpha value is -1.69. The van der Waals surface area contributed by atoms with E-state index in [0.717, 1.165) is 6.07 Å². The third-order valence-corrected chi connectivity index (χ3v) is 3.79. The number of rotatable bonds is 6. The van der Waals surface area contributed by atoms with Gasteiger partial charge in [-0.2, -0.15) is 0 Å². The maximum Gasteiger partial charge on any atom is 0.254 e. The molecule has 6 heteroatoms. The number of carbonyl (C=O) groups is 1. The minimum absolute atomic E-state index is 0.0751. The SMILES string of the molecule is CCC(CC)(CO)CNC(=O)c1cc(N)c(F)cc1F. The van der Waals surface area contributed by atoms with Gasteiger partial charge in [0.15, 0.2) is 0 Å². The number of amides is 1. The van der Waals surface area contributed by atoms with Crippen molar-refractivity contribution in [2.24, 2.45) is 5.41 Å². The number of halogens is 2. The fourth-order valence-corrected chi connectivity index (χ4v) is 1.88. The fourth-order valence-electron chi connectivity index (χ4n) is 1.88. The highest BCUT2D eigenvalue weighted by atomic mass is 19.1. The molecule has 1 aromatic rings. The molecule has 4 N–H and O–H groups in total. The van der Waals surface area contributed by atoms with E-state index < -0.39 is 23.0 Å². The summed E-state index contributed by atoms with van der Waals surface area (Å²) < 4.78 is 26.6. The van der Waals surface area contributed by atoms with E-state index in [4.69, 9.17) is 5.73 Å². The summed E-state index contributed by atoms with van der Waals surface area (Å²) in [7, 11) is 0. The van der Waals surface area contributed by atoms with Gasteiger partial charge in [-0.15, -0.1) is 0 Å². The lowest BCUT2D eigenvalue weighted by Crippen LogP contribution is -2.39. The van der Waals surface area contributed by atoms with Gasteiger partial charge >= 0.3 is 0 Å². The zero-order valence-corrected chi connectivity index (χ0v) is 11.7. The van der Waals surface area contributed by atoms with E-state index in [1.807, 2.05) is 13.8 Å². The molecular formula is C14H20F2N2O2. The average molecular weight is 286 g/mol. The van der Waals surface area contributed by atoms with Crippen LogP contribution in [0.25, 0.3) is 0 Å². The highest BCUT2D eigenvalue weighted by molar-refractivity contribution is 5.95. The molecule has 112 valence electrons. The van der Waals surface area contributed by atoms with E-state index >= 15 is 0 Å². The number of anilines is 1. The van der Waals surface area contributed by atoms with Crippen LogP contribution >= 0.6 is 0 Å². The zero-order valence-electron chi connectivity index (χ0n) is 11.7. The van der Waals surface area contributed by atoms with Gasteiger partial charge < -0.3 is 16.2 Å². The highest BCUT2D eigenvalue weighted by Gasteiger charge is 2.26. The van der Waals surface area contributed by atoms with Crippen LogP contribution < -0.4 is 11.1 Å². The number of aliphatic hydroxyl groups excluding tert-OH is 1. The van der Waals surface area contributed by atoms with Crippen molar-refractivity contribution in [1.29, 1.82) is 0 Å². The molecule has 0 aromatic heterocycles. The molecule has 1 amide bonds. The Morgan fingerprint density at radius 3 is 2.40 bits per heavy atom. The third-order valence-electron chi connectivity index (χ3n) is 3.79. The number of hydrogen-bond acceptors (Lipinski definition) is 3. The molecule has 0 radical (unpaired) electrons. The molecule has 0 unspecified atom stereocenters. The number of carbonyl (C=O) groups excluding carboxylic acids is 1. The first-order valence-electron chi connectivity index (χ1n) is 6.52. The first kappa shape index (κ1) is 16.4. The molecule has 0 heterocycles. The lowest BCUT2D eigenvalue weighted by molar-refractivity contribution is 0.0847. The Balaban J connectivity index is 2.85. The quantitative estimate of drug-likeness (QED) is 0.701. The number of aliphatic hydroxyl groups is 1. The Kier molecular flexibility index (Phi) is 5.44. The maximum atomic E-state index is 13.5. The molecule has 4 nitrogen and oxygen atoms in total. The summed E-state index contributed by atoms with van der Waals surface area (Å²) in [5.74, 6) is -2.53. The van der Waals surface area contributed by atoms with Crippen molar-refractivity contribution in [3.63, 3.8) is 0 Å². The van der Waals surface area contributed by atoms with Gasteiger partial charge in [-0.25, -0.2) is 8.78 Å². The Labute approximate surface area is 117 Å². The first-order chi connectivity index (χ1) is 9.39. The smallest absolute Gasteiger partial charge is 0.254 e. The second kappa shape index (κ2) is 6.65. The maximum absolute atomic E-state index is 13.5. The zero-order chi connectivity index (χ0) is 15.3. The van der Waals surface area contributed by atoms with E-state index in [9.17, 15) is 18.7 Å². The van der Waals surface area contributed by atoms with Crippen LogP contribution in [-0.2, 0) is 0 Å². The molecule has 0 saturated heterocycles. The summed E-state index contributed by atoms with van der Waals surface area (Å²) >= 11 is 0. The van der Waals surface area contributed by atoms with Gasteiger partial charge in [-0.05, 0) is 18.9 Å². The molecular weight excluding hydrogens is 266 g/mol. The molecule has 0 spiro atoms. The van der Waals surface area contributed by atoms with Crippen molar-refractivity contribution < 1.29 is 18.7 Å². The van der Waals surface area contributed by atoms with Crippen LogP contribution in [0.2, 0.25) is 0 Å². The molecule has 0 atom stereocenters. The summed E-state index contributed by atoms with van der Waals surface area (Å²) in [4.78, 5) is 11.9. The molecule has 0 aliphatic carbocycles. The highest BCUT2D eigenvalue weighted by Crippen LogP contribution is 2.24. The summed E-state index contributed by atoms with van der Waals surface area (Å²) in [5.41, 5.74) is 4.31. The minimum atomic E-state index is -0.961. The first-order valence-corrected chi connectivity index (χ1v) is 6.52. The van der Waals surface area contributed by atoms with Crippen LogP contribution in [0.5, 0.6) is 0 Å². The van der Waals surface area contributed by atoms with E-state index in [0.29, 0.717) is 18.9 Å². The van der Waals surface area contributed by atoms with Crippen molar-refractivity contribution in [2.75, 3.05) is 18.9 Å². The van der Waals surface area contributed by atoms with Gasteiger partial charge in [0, 0.05) is 18.0 Å². The molecule has 1 aromatic carbocycles. The monoisotopic (exact) mass is 286 g/mol. The summed E-state index contributed by atoms with van der Waals surface area (Å²) in [6.07, 6.45) is 1.35. The van der Waals surface area contributed by atoms with Crippen molar-refractivity contribution in [3.8, 4) is 0 Å². The fraction of sp³-hybridized carbons (Fsp3) is 0.500. The third kappa shape index (κ3) is 3.45. The predicted molar refractivity (Wildman–Crippen MR) is 73.2 cm³/mol. The van der Waals surface area contributed by atoms with Crippen molar-refractivity contribution >= 4 is 11.6 Å². The largest absolute Gasteiger partial charge is 0.396 e. The Morgan fingerprint density at radius 1 is 1.30 bits per heavy atom. The summed E-state index contributed by atoms with van der Waals surface area (Å²) in [6.45, 7) is 3.95. The Morgan fingerprint density at radius 2 is 1.90 bits per heavy atom. The van der Waals surface area contributed by atoms with E-state index in [2.05, 4.69) is 5.32 Å². The minimum Gasteiger partial charge on any atom is -0.396 e. The second-order valence-electron chi connectivity index (χ2n) is 4.90. The number of nitrogens with one attached hydrogen (secondary N) is 1. The van der Waals surface area contributed by atoms with Gasteiger partial charge in [0.25, 0.3) is 5.91 Å². The molecule has 0 fully saturated rings. The number of nitrogen functional groups attached to an aromatic ring is 1. The molecule has 0 saturated carbocycles. The molecule has 20 heavy (non-hydrogen) atoms. The van der Waals surface area contributed by atoms with Crippen LogP contribution in [0.15, 0.2) is 12.1 Å². The van der Waals surface area contributed by atoms with Crippen LogP contribution in [-0.4, -0.2) is 24.2 Å². The van der Waals surface area contributed by atoms with E-state index in [1.165, 1.54) is 0 Å². The van der Waals surface area contributed by atoms with Gasteiger partial charge in [-0.3, -0.25) is 4.79 Å². The van der Waals surface area contributed by atoms with Crippen LogP contribution in [0.4, 0.5) is 14.5 Å². The van der Waals surface area contributed by atoms with Gasteiger partial charge in [0.2, 0.25) is 0 Å². The molecule has 0 aliphatic heterocycles. The van der Waals surface area contributed by atoms with Gasteiger partial charge in [-0.1, -0.05) is 13.8 Å². The second-order valence-corrected chi connectivity index (χ2v) is 4.90. The predicted octanol–water partition coefficient (Wildman–Crippen LogP) is 2.08. The van der Waals surface area contributed by atoms with Crippen molar-refractivity contribution in [3.05, 3.63) is 29.3 Å². The number of hydrogen-bond donors (Lipinski definition) is 3. The molecule has 0 bridgehead atoms. The van der Waals surface area contributed by atoms with E-state index in [-0.39, 0.29) is 24.4 Å². The normalized spacial score (nSPS) is 11.4. The van der Waals surface area contributed by atoms with Gasteiger partial charge in [0.1, 0.15) is 11.6 Å². The van der Waals surface area contributed by atoms with Crippen molar-refractivity contribution in [1.82, 2.24) is 5.32 Å². The lowest BCUT2D eigenvalue weighted by Gasteiger charge is -2.29. The van der Waals surface area contributed by atoms with Crippen molar-refractivity contribution in [2.45, 2.75) is 26.7 Å². The number of benzene rings is 1. The standard InChI is InChI=1S/C14H20F2N2O2/c1-3-14(4-2,8-19)7-18-13(20)9-5-12(17)11(16)6-10(9)15/h5-6,19H,3-4,7-8,17H2,1-2H3,(H,18,20). The Bertz CT molecular complexity index is 480. The topological polar surface area (TPSA) is 75.3 Å². The summed E-state index contributed by atoms with van der Waals surface area (Å²) in [5, 5.41) is 12.0. The van der Waals surface area contributed by atoms with Crippen LogP contribution in [0.1, 0.15) is 37.0 Å². The lowest BCUT2D eigenvalue weighted by atomic mass is 9.83.